The second-order valence-corrected chi connectivity index (χ2v) is 6.38. The Bertz CT molecular complexity index is 395. The summed E-state index contributed by atoms with van der Waals surface area (Å²) in [6, 6.07) is -0.821. The quantitative estimate of drug-likeness (QED) is 0.636. The van der Waals surface area contributed by atoms with Gasteiger partial charge >= 0.3 is 12.1 Å². The number of nitrogens with one attached hydrogen (secondary N) is 1. The van der Waals surface area contributed by atoms with Gasteiger partial charge in [0.25, 0.3) is 0 Å². The SMILES string of the molecule is C=C=CCC(NC(=O)OC(C)(C)C)C(=O)OC(C)(C)C. The molecule has 0 aromatic carbocycles. The van der Waals surface area contributed by atoms with Gasteiger partial charge in [-0.2, -0.15) is 0 Å². The molecule has 0 bridgehead atoms. The van der Waals surface area contributed by atoms with Crippen LogP contribution in [0.1, 0.15) is 48.0 Å². The number of hydrogen-bond donors (Lipinski definition) is 1. The van der Waals surface area contributed by atoms with Crippen LogP contribution in [0.15, 0.2) is 18.4 Å². The molecule has 5 nitrogen and oxygen atoms in total. The third-order valence-electron chi connectivity index (χ3n) is 1.88. The molecular weight excluding hydrogens is 258 g/mol. The molecule has 0 aromatic heterocycles. The smallest absolute Gasteiger partial charge is 0.408 e. The second kappa shape index (κ2) is 7.15. The van der Waals surface area contributed by atoms with E-state index in [0.29, 0.717) is 0 Å². The van der Waals surface area contributed by atoms with Crippen LogP contribution in [0.2, 0.25) is 0 Å². The van der Waals surface area contributed by atoms with Gasteiger partial charge in [0.2, 0.25) is 0 Å². The average Bonchev–Trinajstić information content (AvgIpc) is 2.18. The summed E-state index contributed by atoms with van der Waals surface area (Å²) in [6.07, 6.45) is 1.15. The van der Waals surface area contributed by atoms with Gasteiger partial charge in [0, 0.05) is 6.42 Å². The molecule has 0 aliphatic rings. The van der Waals surface area contributed by atoms with Crippen molar-refractivity contribution in [2.75, 3.05) is 0 Å². The molecule has 0 saturated carbocycles. The number of ether oxygens (including phenoxy) is 2. The number of carbonyl (C=O) groups excluding carboxylic acids is 2. The Balaban J connectivity index is 4.76. The van der Waals surface area contributed by atoms with E-state index in [1.807, 2.05) is 0 Å². The van der Waals surface area contributed by atoms with Gasteiger partial charge in [0.1, 0.15) is 17.2 Å². The maximum atomic E-state index is 12.0. The van der Waals surface area contributed by atoms with E-state index in [9.17, 15) is 9.59 Å². The first-order chi connectivity index (χ1) is 8.94. The molecule has 0 aliphatic carbocycles. The van der Waals surface area contributed by atoms with Gasteiger partial charge in [0.15, 0.2) is 0 Å². The third-order valence-corrected chi connectivity index (χ3v) is 1.88. The molecule has 0 heterocycles. The van der Waals surface area contributed by atoms with Crippen molar-refractivity contribution in [3.8, 4) is 0 Å². The van der Waals surface area contributed by atoms with E-state index < -0.39 is 29.3 Å². The molecule has 0 fully saturated rings. The highest BCUT2D eigenvalue weighted by Gasteiger charge is 2.27. The molecule has 0 radical (unpaired) electrons. The summed E-state index contributed by atoms with van der Waals surface area (Å²) in [7, 11) is 0. The van der Waals surface area contributed by atoms with Gasteiger partial charge in [0.05, 0.1) is 0 Å². The topological polar surface area (TPSA) is 64.6 Å². The van der Waals surface area contributed by atoms with Crippen molar-refractivity contribution in [3.05, 3.63) is 18.4 Å². The molecule has 1 unspecified atom stereocenters. The third kappa shape index (κ3) is 9.22. The molecule has 1 amide bonds. The number of amides is 1. The first-order valence-corrected chi connectivity index (χ1v) is 6.51. The van der Waals surface area contributed by atoms with Crippen LogP contribution in [0.25, 0.3) is 0 Å². The highest BCUT2D eigenvalue weighted by atomic mass is 16.6. The van der Waals surface area contributed by atoms with Gasteiger partial charge in [-0.25, -0.2) is 9.59 Å². The van der Waals surface area contributed by atoms with E-state index in [0.717, 1.165) is 0 Å². The van der Waals surface area contributed by atoms with Crippen LogP contribution in [-0.4, -0.2) is 29.3 Å². The molecule has 5 heteroatoms. The van der Waals surface area contributed by atoms with Gasteiger partial charge in [-0.3, -0.25) is 0 Å². The first kappa shape index (κ1) is 18.3. The lowest BCUT2D eigenvalue weighted by Crippen LogP contribution is -2.45. The predicted molar refractivity (Wildman–Crippen MR) is 77.3 cm³/mol. The van der Waals surface area contributed by atoms with Crippen molar-refractivity contribution in [2.24, 2.45) is 0 Å². The summed E-state index contributed by atoms with van der Waals surface area (Å²) in [5.41, 5.74) is 1.31. The summed E-state index contributed by atoms with van der Waals surface area (Å²) in [4.78, 5) is 23.7. The Morgan fingerprint density at radius 3 is 2.05 bits per heavy atom. The predicted octanol–water partition coefficient (Wildman–Crippen LogP) is 2.95. The lowest BCUT2D eigenvalue weighted by molar-refractivity contribution is -0.157. The summed E-state index contributed by atoms with van der Waals surface area (Å²) in [5, 5.41) is 2.50. The normalized spacial score (nSPS) is 12.9. The first-order valence-electron chi connectivity index (χ1n) is 6.51. The monoisotopic (exact) mass is 283 g/mol. The Morgan fingerprint density at radius 1 is 1.15 bits per heavy atom. The Kier molecular flexibility index (Phi) is 6.53. The fraction of sp³-hybridized carbons (Fsp3) is 0.667. The zero-order chi connectivity index (χ0) is 16.0. The van der Waals surface area contributed by atoms with Crippen molar-refractivity contribution in [2.45, 2.75) is 65.2 Å². The molecule has 0 aromatic rings. The largest absolute Gasteiger partial charge is 0.458 e. The Labute approximate surface area is 121 Å². The zero-order valence-corrected chi connectivity index (χ0v) is 13.2. The summed E-state index contributed by atoms with van der Waals surface area (Å²) >= 11 is 0. The van der Waals surface area contributed by atoms with E-state index in [4.69, 9.17) is 9.47 Å². The second-order valence-electron chi connectivity index (χ2n) is 6.38. The zero-order valence-electron chi connectivity index (χ0n) is 13.2. The van der Waals surface area contributed by atoms with Gasteiger partial charge < -0.3 is 14.8 Å². The van der Waals surface area contributed by atoms with Gasteiger partial charge in [-0.05, 0) is 47.6 Å². The van der Waals surface area contributed by atoms with E-state index in [1.54, 1.807) is 47.6 Å². The van der Waals surface area contributed by atoms with Crippen molar-refractivity contribution in [1.82, 2.24) is 5.32 Å². The van der Waals surface area contributed by atoms with Crippen molar-refractivity contribution >= 4 is 12.1 Å². The number of hydrogen-bond acceptors (Lipinski definition) is 4. The summed E-state index contributed by atoms with van der Waals surface area (Å²) < 4.78 is 10.4. The average molecular weight is 283 g/mol. The van der Waals surface area contributed by atoms with Crippen LogP contribution in [-0.2, 0) is 14.3 Å². The fourth-order valence-corrected chi connectivity index (χ4v) is 1.24. The standard InChI is InChI=1S/C15H25NO4/c1-8-9-10-11(12(17)19-14(2,3)4)16-13(18)20-15(5,6)7/h9,11H,1,10H2,2-7H3,(H,16,18). The molecule has 0 saturated heterocycles. The molecule has 1 atom stereocenters. The minimum atomic E-state index is -0.821. The maximum absolute atomic E-state index is 12.0. The lowest BCUT2D eigenvalue weighted by Gasteiger charge is -2.25. The molecule has 0 aliphatic heterocycles. The number of carbonyl (C=O) groups is 2. The Morgan fingerprint density at radius 2 is 1.65 bits per heavy atom. The molecule has 0 rings (SSSR count). The number of rotatable bonds is 4. The van der Waals surface area contributed by atoms with Crippen molar-refractivity contribution in [1.29, 1.82) is 0 Å². The molecule has 114 valence electrons. The van der Waals surface area contributed by atoms with Gasteiger partial charge in [-0.1, -0.05) is 6.58 Å². The van der Waals surface area contributed by atoms with Gasteiger partial charge in [-0.15, -0.1) is 5.73 Å². The minimum Gasteiger partial charge on any atom is -0.458 e. The van der Waals surface area contributed by atoms with Crippen molar-refractivity contribution < 1.29 is 19.1 Å². The van der Waals surface area contributed by atoms with Crippen molar-refractivity contribution in [3.63, 3.8) is 0 Å². The van der Waals surface area contributed by atoms with E-state index in [2.05, 4.69) is 17.6 Å². The molecule has 20 heavy (non-hydrogen) atoms. The van der Waals surface area contributed by atoms with Crippen LogP contribution in [0, 0.1) is 0 Å². The van der Waals surface area contributed by atoms with Crippen LogP contribution < -0.4 is 5.32 Å². The number of alkyl carbamates (subject to hydrolysis) is 1. The van der Waals surface area contributed by atoms with E-state index in [-0.39, 0.29) is 6.42 Å². The maximum Gasteiger partial charge on any atom is 0.408 e. The van der Waals surface area contributed by atoms with E-state index in [1.165, 1.54) is 0 Å². The van der Waals surface area contributed by atoms with Crippen LogP contribution >= 0.6 is 0 Å². The molecule has 0 spiro atoms. The van der Waals surface area contributed by atoms with Crippen LogP contribution in [0.5, 0.6) is 0 Å². The lowest BCUT2D eigenvalue weighted by atomic mass is 10.1. The Hall–Kier alpha value is -1.74. The van der Waals surface area contributed by atoms with E-state index >= 15 is 0 Å². The van der Waals surface area contributed by atoms with Crippen LogP contribution in [0.3, 0.4) is 0 Å². The summed E-state index contributed by atoms with van der Waals surface area (Å²) in [5.74, 6) is -0.519. The fourth-order valence-electron chi connectivity index (χ4n) is 1.24. The van der Waals surface area contributed by atoms with Crippen LogP contribution in [0.4, 0.5) is 4.79 Å². The highest BCUT2D eigenvalue weighted by molar-refractivity contribution is 5.81. The molecular formula is C15H25NO4. The summed E-state index contributed by atoms with van der Waals surface area (Å²) in [6.45, 7) is 14.0. The molecule has 1 N–H and O–H groups in total. The number of esters is 1. The highest BCUT2D eigenvalue weighted by Crippen LogP contribution is 2.11. The minimum absolute atomic E-state index is 0.248.